The normalized spacial score (nSPS) is 27.1. The lowest BCUT2D eigenvalue weighted by atomic mass is 9.83. The van der Waals surface area contributed by atoms with Crippen molar-refractivity contribution in [1.82, 2.24) is 25.1 Å². The largest absolute Gasteiger partial charge is 0.383 e. The number of nitrogens with zero attached hydrogens (tertiary/aromatic N) is 4. The van der Waals surface area contributed by atoms with E-state index in [1.165, 1.54) is 0 Å². The van der Waals surface area contributed by atoms with E-state index in [9.17, 15) is 9.90 Å². The summed E-state index contributed by atoms with van der Waals surface area (Å²) in [4.78, 5) is 24.6. The fourth-order valence-corrected chi connectivity index (χ4v) is 5.31. The Bertz CT molecular complexity index is 942. The van der Waals surface area contributed by atoms with Crippen molar-refractivity contribution in [3.63, 3.8) is 0 Å². The van der Waals surface area contributed by atoms with E-state index in [1.54, 1.807) is 36.1 Å². The maximum Gasteiger partial charge on any atom is 0.255 e. The molecule has 2 N–H and O–H groups in total. The number of carbonyl (C=O) groups is 1. The number of piperidine rings is 1. The molecule has 5 rings (SSSR count). The molecule has 3 aromatic rings. The molecule has 138 valence electrons. The number of fused-ring (bicyclic) bond motifs is 2. The zero-order valence-corrected chi connectivity index (χ0v) is 15.4. The van der Waals surface area contributed by atoms with E-state index in [2.05, 4.69) is 20.2 Å². The number of aliphatic hydroxyl groups is 1. The smallest absolute Gasteiger partial charge is 0.255 e. The summed E-state index contributed by atoms with van der Waals surface area (Å²) >= 11 is 1.54. The second-order valence-corrected chi connectivity index (χ2v) is 8.23. The van der Waals surface area contributed by atoms with Gasteiger partial charge in [0.2, 0.25) is 0 Å². The number of rotatable bonds is 3. The van der Waals surface area contributed by atoms with Crippen molar-refractivity contribution in [1.29, 1.82) is 0 Å². The number of hydrogen-bond donors (Lipinski definition) is 2. The molecule has 2 bridgehead atoms. The van der Waals surface area contributed by atoms with Gasteiger partial charge in [0.05, 0.1) is 23.7 Å². The summed E-state index contributed by atoms with van der Waals surface area (Å²) in [7, 11) is 0. The average molecular weight is 381 g/mol. The summed E-state index contributed by atoms with van der Waals surface area (Å²) < 4.78 is 0. The molecule has 27 heavy (non-hydrogen) atoms. The highest BCUT2D eigenvalue weighted by Gasteiger charge is 2.50. The van der Waals surface area contributed by atoms with E-state index in [-0.39, 0.29) is 18.0 Å². The van der Waals surface area contributed by atoms with Gasteiger partial charge in [-0.05, 0) is 18.9 Å². The minimum absolute atomic E-state index is 0.0283. The maximum atomic E-state index is 13.2. The van der Waals surface area contributed by atoms with Gasteiger partial charge in [-0.15, -0.1) is 11.3 Å². The predicted molar refractivity (Wildman–Crippen MR) is 100 cm³/mol. The molecule has 2 fully saturated rings. The van der Waals surface area contributed by atoms with Crippen LogP contribution in [0.4, 0.5) is 0 Å². The first-order valence-corrected chi connectivity index (χ1v) is 9.91. The van der Waals surface area contributed by atoms with Gasteiger partial charge in [-0.2, -0.15) is 5.10 Å². The Morgan fingerprint density at radius 2 is 2.07 bits per heavy atom. The molecule has 2 unspecified atom stereocenters. The van der Waals surface area contributed by atoms with E-state index in [0.29, 0.717) is 24.1 Å². The van der Waals surface area contributed by atoms with E-state index < -0.39 is 5.60 Å². The van der Waals surface area contributed by atoms with Crippen LogP contribution in [0.5, 0.6) is 0 Å². The number of aromatic nitrogens is 4. The first-order valence-electron chi connectivity index (χ1n) is 9.03. The Labute approximate surface area is 160 Å². The van der Waals surface area contributed by atoms with Gasteiger partial charge in [-0.3, -0.25) is 19.9 Å². The summed E-state index contributed by atoms with van der Waals surface area (Å²) in [5, 5.41) is 19.9. The van der Waals surface area contributed by atoms with Gasteiger partial charge >= 0.3 is 0 Å². The standard InChI is InChI=1S/C19H19N5O2S/c25-18(12-5-16(27-11-12)13-8-22-23-9-13)24-14-1-2-15(24)7-19(26,6-14)17-10-20-3-4-21-17/h3-5,8-11,14-15,26H,1-2,6-7H2,(H,22,23). The number of carbonyl (C=O) groups excluding carboxylic acids is 1. The molecule has 3 aromatic heterocycles. The summed E-state index contributed by atoms with van der Waals surface area (Å²) in [6.45, 7) is 0. The fraction of sp³-hybridized carbons (Fsp3) is 0.368. The van der Waals surface area contributed by atoms with Crippen LogP contribution < -0.4 is 0 Å². The van der Waals surface area contributed by atoms with Crippen molar-refractivity contribution in [2.75, 3.05) is 0 Å². The highest BCUT2D eigenvalue weighted by atomic mass is 32.1. The number of nitrogens with one attached hydrogen (secondary N) is 1. The number of hydrogen-bond acceptors (Lipinski definition) is 6. The molecule has 5 heterocycles. The second-order valence-electron chi connectivity index (χ2n) is 7.31. The van der Waals surface area contributed by atoms with Gasteiger partial charge in [0.25, 0.3) is 5.91 Å². The molecule has 0 aliphatic carbocycles. The van der Waals surface area contributed by atoms with E-state index in [4.69, 9.17) is 0 Å². The molecular weight excluding hydrogens is 362 g/mol. The van der Waals surface area contributed by atoms with Gasteiger partial charge in [0, 0.05) is 59.3 Å². The zero-order valence-electron chi connectivity index (χ0n) is 14.6. The minimum atomic E-state index is -1.01. The van der Waals surface area contributed by atoms with Crippen molar-refractivity contribution in [2.24, 2.45) is 0 Å². The van der Waals surface area contributed by atoms with Crippen molar-refractivity contribution in [3.05, 3.63) is 53.7 Å². The van der Waals surface area contributed by atoms with E-state index in [1.807, 2.05) is 22.5 Å². The molecule has 7 nitrogen and oxygen atoms in total. The lowest BCUT2D eigenvalue weighted by Crippen LogP contribution is -2.52. The Morgan fingerprint density at radius 3 is 2.74 bits per heavy atom. The van der Waals surface area contributed by atoms with E-state index in [0.717, 1.165) is 23.3 Å². The fourth-order valence-electron chi connectivity index (χ4n) is 4.44. The quantitative estimate of drug-likeness (QED) is 0.727. The van der Waals surface area contributed by atoms with Gasteiger partial charge < -0.3 is 10.0 Å². The minimum Gasteiger partial charge on any atom is -0.383 e. The number of H-pyrrole nitrogens is 1. The molecule has 8 heteroatoms. The highest BCUT2D eigenvalue weighted by Crippen LogP contribution is 2.45. The number of amides is 1. The van der Waals surface area contributed by atoms with Crippen LogP contribution in [0.2, 0.25) is 0 Å². The van der Waals surface area contributed by atoms with Crippen LogP contribution in [0, 0.1) is 0 Å². The monoisotopic (exact) mass is 381 g/mol. The molecule has 0 radical (unpaired) electrons. The molecule has 0 spiro atoms. The van der Waals surface area contributed by atoms with Crippen molar-refractivity contribution >= 4 is 17.2 Å². The summed E-state index contributed by atoms with van der Waals surface area (Å²) in [6, 6.07) is 1.99. The zero-order chi connectivity index (χ0) is 18.4. The molecular formula is C19H19N5O2S. The SMILES string of the molecule is O=C(c1csc(-c2cn[nH]c2)c1)N1C2CCC1CC(O)(c1cnccn1)C2. The lowest BCUT2D eigenvalue weighted by Gasteiger charge is -2.43. The third-order valence-electron chi connectivity index (χ3n) is 5.67. The molecule has 2 atom stereocenters. The molecule has 1 amide bonds. The molecule has 0 saturated carbocycles. The Kier molecular flexibility index (Phi) is 3.84. The third-order valence-corrected chi connectivity index (χ3v) is 6.65. The Hall–Kier alpha value is -2.58. The molecule has 2 aliphatic heterocycles. The van der Waals surface area contributed by atoms with Crippen LogP contribution in [-0.4, -0.2) is 48.2 Å². The van der Waals surface area contributed by atoms with Crippen LogP contribution in [0.1, 0.15) is 41.7 Å². The number of aromatic amines is 1. The van der Waals surface area contributed by atoms with Gasteiger partial charge in [-0.25, -0.2) is 0 Å². The summed E-state index contributed by atoms with van der Waals surface area (Å²) in [5.41, 5.74) is 1.29. The molecule has 2 saturated heterocycles. The van der Waals surface area contributed by atoms with Gasteiger partial charge in [-0.1, -0.05) is 0 Å². The third kappa shape index (κ3) is 2.76. The topological polar surface area (TPSA) is 95.0 Å². The Balaban J connectivity index is 1.39. The first-order chi connectivity index (χ1) is 13.1. The first kappa shape index (κ1) is 16.6. The highest BCUT2D eigenvalue weighted by molar-refractivity contribution is 7.13. The van der Waals surface area contributed by atoms with Crippen molar-refractivity contribution in [3.8, 4) is 10.4 Å². The van der Waals surface area contributed by atoms with E-state index >= 15 is 0 Å². The van der Waals surface area contributed by atoms with Crippen molar-refractivity contribution < 1.29 is 9.90 Å². The Morgan fingerprint density at radius 1 is 1.26 bits per heavy atom. The van der Waals surface area contributed by atoms with Crippen molar-refractivity contribution in [2.45, 2.75) is 43.4 Å². The van der Waals surface area contributed by atoms with Crippen LogP contribution in [-0.2, 0) is 5.60 Å². The second kappa shape index (κ2) is 6.24. The van der Waals surface area contributed by atoms with Gasteiger partial charge in [0.15, 0.2) is 0 Å². The molecule has 2 aliphatic rings. The summed E-state index contributed by atoms with van der Waals surface area (Å²) in [6.07, 6.45) is 11.3. The van der Waals surface area contributed by atoms with Crippen LogP contribution >= 0.6 is 11.3 Å². The van der Waals surface area contributed by atoms with Crippen LogP contribution in [0.25, 0.3) is 10.4 Å². The maximum absolute atomic E-state index is 13.2. The molecule has 0 aromatic carbocycles. The predicted octanol–water partition coefficient (Wildman–Crippen LogP) is 2.58. The average Bonchev–Trinajstić information content (AvgIpc) is 3.41. The van der Waals surface area contributed by atoms with Crippen LogP contribution in [0.15, 0.2) is 42.4 Å². The van der Waals surface area contributed by atoms with Gasteiger partial charge in [0.1, 0.15) is 5.60 Å². The summed E-state index contributed by atoms with van der Waals surface area (Å²) in [5.74, 6) is 0.0506. The van der Waals surface area contributed by atoms with Crippen LogP contribution in [0.3, 0.4) is 0 Å². The lowest BCUT2D eigenvalue weighted by molar-refractivity contribution is -0.0510. The number of thiophene rings is 1.